The number of anilines is 2. The molecular formula is C18H28N2O4. The second kappa shape index (κ2) is 8.89. The van der Waals surface area contributed by atoms with Crippen LogP contribution in [0.3, 0.4) is 0 Å². The number of benzene rings is 1. The van der Waals surface area contributed by atoms with E-state index >= 15 is 0 Å². The number of morpholine rings is 1. The molecule has 1 aliphatic rings. The highest BCUT2D eigenvalue weighted by molar-refractivity contribution is 5.72. The molecule has 0 spiro atoms. The molecule has 1 heterocycles. The van der Waals surface area contributed by atoms with E-state index in [0.717, 1.165) is 36.5 Å². The fourth-order valence-corrected chi connectivity index (χ4v) is 3.16. The Hall–Kier alpha value is -1.79. The molecule has 0 radical (unpaired) electrons. The zero-order valence-electron chi connectivity index (χ0n) is 14.8. The van der Waals surface area contributed by atoms with Crippen LogP contribution in [0.25, 0.3) is 0 Å². The summed E-state index contributed by atoms with van der Waals surface area (Å²) in [5, 5.41) is 0. The Morgan fingerprint density at radius 1 is 1.46 bits per heavy atom. The van der Waals surface area contributed by atoms with Crippen LogP contribution in [0.4, 0.5) is 11.4 Å². The van der Waals surface area contributed by atoms with Crippen LogP contribution in [0.2, 0.25) is 0 Å². The Kier molecular flexibility index (Phi) is 6.87. The highest BCUT2D eigenvalue weighted by Crippen LogP contribution is 2.32. The van der Waals surface area contributed by atoms with Crippen molar-refractivity contribution >= 4 is 17.3 Å². The smallest absolute Gasteiger partial charge is 0.306 e. The first-order valence-electron chi connectivity index (χ1n) is 8.40. The van der Waals surface area contributed by atoms with Crippen LogP contribution in [-0.2, 0) is 19.0 Å². The lowest BCUT2D eigenvalue weighted by atomic mass is 9.95. The molecule has 2 N–H and O–H groups in total. The van der Waals surface area contributed by atoms with Gasteiger partial charge in [-0.2, -0.15) is 0 Å². The first kappa shape index (κ1) is 18.5. The Balaban J connectivity index is 2.22. The van der Waals surface area contributed by atoms with Crippen LogP contribution in [0.1, 0.15) is 31.2 Å². The summed E-state index contributed by atoms with van der Waals surface area (Å²) in [6.45, 7) is 4.88. The second-order valence-corrected chi connectivity index (χ2v) is 6.08. The molecule has 0 aliphatic carbocycles. The maximum Gasteiger partial charge on any atom is 0.306 e. The van der Waals surface area contributed by atoms with E-state index in [-0.39, 0.29) is 18.3 Å². The standard InChI is InChI=1S/C18H28N2O4/c1-4-15-12-24-8-7-20(15)17-6-5-13(9-16(17)19)14(11-22-2)10-18(21)23-3/h5-6,9,14-15H,4,7-8,10-12,19H2,1-3H3/t14-,15?/m1/s1. The van der Waals surface area contributed by atoms with Crippen molar-refractivity contribution in [2.75, 3.05) is 51.2 Å². The molecule has 0 amide bonds. The number of nitrogen functional groups attached to an aromatic ring is 1. The van der Waals surface area contributed by atoms with Gasteiger partial charge in [-0.25, -0.2) is 0 Å². The minimum Gasteiger partial charge on any atom is -0.469 e. The first-order chi connectivity index (χ1) is 11.6. The Morgan fingerprint density at radius 3 is 2.88 bits per heavy atom. The lowest BCUT2D eigenvalue weighted by Gasteiger charge is -2.37. The van der Waals surface area contributed by atoms with Crippen molar-refractivity contribution in [3.8, 4) is 0 Å². The maximum absolute atomic E-state index is 11.6. The summed E-state index contributed by atoms with van der Waals surface area (Å²) < 4.78 is 15.6. The van der Waals surface area contributed by atoms with Gasteiger partial charge in [0.2, 0.25) is 0 Å². The summed E-state index contributed by atoms with van der Waals surface area (Å²) in [6, 6.07) is 6.36. The van der Waals surface area contributed by atoms with Gasteiger partial charge in [0.25, 0.3) is 0 Å². The van der Waals surface area contributed by atoms with E-state index in [0.29, 0.717) is 19.3 Å². The lowest BCUT2D eigenvalue weighted by molar-refractivity contribution is -0.141. The predicted octanol–water partition coefficient (Wildman–Crippen LogP) is 2.18. The Morgan fingerprint density at radius 2 is 2.25 bits per heavy atom. The third-order valence-corrected chi connectivity index (χ3v) is 4.54. The number of rotatable bonds is 7. The van der Waals surface area contributed by atoms with Crippen LogP contribution < -0.4 is 10.6 Å². The number of nitrogens with two attached hydrogens (primary N) is 1. The van der Waals surface area contributed by atoms with Gasteiger partial charge in [0.15, 0.2) is 0 Å². The topological polar surface area (TPSA) is 74.0 Å². The van der Waals surface area contributed by atoms with Gasteiger partial charge < -0.3 is 24.8 Å². The zero-order valence-corrected chi connectivity index (χ0v) is 14.8. The van der Waals surface area contributed by atoms with Gasteiger partial charge in [-0.3, -0.25) is 4.79 Å². The van der Waals surface area contributed by atoms with E-state index in [2.05, 4.69) is 11.8 Å². The summed E-state index contributed by atoms with van der Waals surface area (Å²) in [5.41, 5.74) is 9.07. The molecule has 0 saturated carbocycles. The third kappa shape index (κ3) is 4.39. The highest BCUT2D eigenvalue weighted by Gasteiger charge is 2.24. The monoisotopic (exact) mass is 336 g/mol. The summed E-state index contributed by atoms with van der Waals surface area (Å²) in [4.78, 5) is 13.9. The lowest BCUT2D eigenvalue weighted by Crippen LogP contribution is -2.45. The molecule has 6 nitrogen and oxygen atoms in total. The van der Waals surface area contributed by atoms with E-state index in [4.69, 9.17) is 19.9 Å². The summed E-state index contributed by atoms with van der Waals surface area (Å²) in [5.74, 6) is -0.315. The van der Waals surface area contributed by atoms with Gasteiger partial charge in [-0.1, -0.05) is 13.0 Å². The van der Waals surface area contributed by atoms with E-state index < -0.39 is 0 Å². The fraction of sp³-hybridized carbons (Fsp3) is 0.611. The van der Waals surface area contributed by atoms with Crippen molar-refractivity contribution in [2.45, 2.75) is 31.7 Å². The van der Waals surface area contributed by atoms with Crippen molar-refractivity contribution in [2.24, 2.45) is 0 Å². The molecule has 1 saturated heterocycles. The van der Waals surface area contributed by atoms with Crippen LogP contribution in [0, 0.1) is 0 Å². The van der Waals surface area contributed by atoms with E-state index in [1.807, 2.05) is 18.2 Å². The Labute approximate surface area is 143 Å². The summed E-state index contributed by atoms with van der Waals surface area (Å²) >= 11 is 0. The van der Waals surface area contributed by atoms with Gasteiger partial charge in [0.05, 0.1) is 50.8 Å². The molecule has 1 aromatic rings. The molecule has 0 bridgehead atoms. The molecule has 6 heteroatoms. The van der Waals surface area contributed by atoms with E-state index in [1.165, 1.54) is 7.11 Å². The summed E-state index contributed by atoms with van der Waals surface area (Å²) in [7, 11) is 3.02. The van der Waals surface area contributed by atoms with Crippen molar-refractivity contribution in [3.05, 3.63) is 23.8 Å². The highest BCUT2D eigenvalue weighted by atomic mass is 16.5. The average Bonchev–Trinajstić information content (AvgIpc) is 2.61. The van der Waals surface area contributed by atoms with Crippen molar-refractivity contribution in [1.29, 1.82) is 0 Å². The third-order valence-electron chi connectivity index (χ3n) is 4.54. The molecule has 2 rings (SSSR count). The average molecular weight is 336 g/mol. The van der Waals surface area contributed by atoms with Crippen LogP contribution >= 0.6 is 0 Å². The van der Waals surface area contributed by atoms with Crippen LogP contribution in [0.15, 0.2) is 18.2 Å². The molecule has 1 aromatic carbocycles. The van der Waals surface area contributed by atoms with Gasteiger partial charge in [0.1, 0.15) is 0 Å². The molecule has 0 aromatic heterocycles. The second-order valence-electron chi connectivity index (χ2n) is 6.08. The normalized spacial score (nSPS) is 19.1. The van der Waals surface area contributed by atoms with Gasteiger partial charge in [-0.15, -0.1) is 0 Å². The van der Waals surface area contributed by atoms with Crippen LogP contribution in [-0.4, -0.2) is 52.6 Å². The van der Waals surface area contributed by atoms with Gasteiger partial charge in [-0.05, 0) is 24.1 Å². The number of carbonyl (C=O) groups excluding carboxylic acids is 1. The molecule has 1 aliphatic heterocycles. The first-order valence-corrected chi connectivity index (χ1v) is 8.40. The molecule has 134 valence electrons. The minimum atomic E-state index is -0.251. The maximum atomic E-state index is 11.6. The molecule has 24 heavy (non-hydrogen) atoms. The predicted molar refractivity (Wildman–Crippen MR) is 94.3 cm³/mol. The molecule has 1 unspecified atom stereocenters. The quantitative estimate of drug-likeness (QED) is 0.608. The van der Waals surface area contributed by atoms with Gasteiger partial charge in [0, 0.05) is 19.6 Å². The number of hydrogen-bond donors (Lipinski definition) is 1. The van der Waals surface area contributed by atoms with Crippen molar-refractivity contribution in [1.82, 2.24) is 0 Å². The van der Waals surface area contributed by atoms with Crippen LogP contribution in [0.5, 0.6) is 0 Å². The zero-order chi connectivity index (χ0) is 17.5. The number of nitrogens with zero attached hydrogens (tertiary/aromatic N) is 1. The molecular weight excluding hydrogens is 308 g/mol. The SMILES string of the molecule is CCC1COCCN1c1ccc([C@@H](COC)CC(=O)OC)cc1N. The minimum absolute atomic E-state index is 0.0644. The Bertz CT molecular complexity index is 550. The number of hydrogen-bond acceptors (Lipinski definition) is 6. The number of esters is 1. The van der Waals surface area contributed by atoms with Crippen molar-refractivity contribution in [3.63, 3.8) is 0 Å². The summed E-state index contributed by atoms with van der Waals surface area (Å²) in [6.07, 6.45) is 1.29. The largest absolute Gasteiger partial charge is 0.469 e. The van der Waals surface area contributed by atoms with Crippen molar-refractivity contribution < 1.29 is 19.0 Å². The number of ether oxygens (including phenoxy) is 3. The van der Waals surface area contributed by atoms with Gasteiger partial charge >= 0.3 is 5.97 Å². The molecule has 1 fully saturated rings. The number of methoxy groups -OCH3 is 2. The fourth-order valence-electron chi connectivity index (χ4n) is 3.16. The van der Waals surface area contributed by atoms with E-state index in [9.17, 15) is 4.79 Å². The number of carbonyl (C=O) groups is 1. The molecule has 2 atom stereocenters. The van der Waals surface area contributed by atoms with E-state index in [1.54, 1.807) is 7.11 Å².